The Morgan fingerprint density at radius 2 is 2.18 bits per heavy atom. The van der Waals surface area contributed by atoms with Gasteiger partial charge in [-0.25, -0.2) is 15.0 Å². The highest BCUT2D eigenvalue weighted by molar-refractivity contribution is 7.09. The molecule has 4 aromatic rings. The summed E-state index contributed by atoms with van der Waals surface area (Å²) in [5.74, 6) is 0.532. The zero-order valence-electron chi connectivity index (χ0n) is 11.6. The minimum absolute atomic E-state index is 0.532. The molecule has 6 nitrogen and oxygen atoms in total. The Bertz CT molecular complexity index is 988. The van der Waals surface area contributed by atoms with Gasteiger partial charge in [-0.1, -0.05) is 12.1 Å². The molecule has 0 aliphatic rings. The van der Waals surface area contributed by atoms with Crippen LogP contribution in [0.1, 0.15) is 10.7 Å². The number of rotatable bonds is 3. The number of benzene rings is 1. The van der Waals surface area contributed by atoms with E-state index in [1.54, 1.807) is 17.6 Å². The number of para-hydroxylation sites is 1. The van der Waals surface area contributed by atoms with E-state index in [4.69, 9.17) is 4.42 Å². The minimum atomic E-state index is 0.532. The van der Waals surface area contributed by atoms with Gasteiger partial charge in [0.2, 0.25) is 0 Å². The first kappa shape index (κ1) is 12.9. The van der Waals surface area contributed by atoms with Gasteiger partial charge in [-0.15, -0.1) is 11.3 Å². The Kier molecular flexibility index (Phi) is 3.05. The Balaban J connectivity index is 1.71. The quantitative estimate of drug-likeness (QED) is 0.462. The Morgan fingerprint density at radius 1 is 1.27 bits per heavy atom. The molecular formula is C15H11N5OS. The standard InChI is InChI=1S/C15H11N5OS/c1-9-19-10(7-22-9)6-18-20-15-14-13(16-8-17-15)11-4-2-3-5-12(11)21-14/h2-8H,1H3,(H,16,17,20)/b18-6-. The molecule has 0 aliphatic carbocycles. The van der Waals surface area contributed by atoms with E-state index in [-0.39, 0.29) is 0 Å². The fourth-order valence-electron chi connectivity index (χ4n) is 2.20. The van der Waals surface area contributed by atoms with Crippen molar-refractivity contribution < 1.29 is 4.42 Å². The van der Waals surface area contributed by atoms with E-state index in [1.165, 1.54) is 6.33 Å². The van der Waals surface area contributed by atoms with Crippen LogP contribution in [0.15, 0.2) is 45.5 Å². The lowest BCUT2D eigenvalue weighted by Crippen LogP contribution is -1.94. The third-order valence-electron chi connectivity index (χ3n) is 3.16. The average molecular weight is 309 g/mol. The van der Waals surface area contributed by atoms with Crippen molar-refractivity contribution in [2.24, 2.45) is 5.10 Å². The predicted octanol–water partition coefficient (Wildman–Crippen LogP) is 3.59. The first-order valence-corrected chi connectivity index (χ1v) is 7.53. The van der Waals surface area contributed by atoms with E-state index in [0.29, 0.717) is 11.4 Å². The lowest BCUT2D eigenvalue weighted by atomic mass is 10.2. The third-order valence-corrected chi connectivity index (χ3v) is 3.95. The summed E-state index contributed by atoms with van der Waals surface area (Å²) in [5, 5.41) is 8.07. The lowest BCUT2D eigenvalue weighted by molar-refractivity contribution is 0.667. The SMILES string of the molecule is Cc1nc(/C=N\Nc2ncnc3c2oc2ccccc23)cs1. The van der Waals surface area contributed by atoms with Gasteiger partial charge < -0.3 is 4.42 Å². The van der Waals surface area contributed by atoms with E-state index >= 15 is 0 Å². The number of hydrogen-bond donors (Lipinski definition) is 1. The first-order chi connectivity index (χ1) is 10.8. The summed E-state index contributed by atoms with van der Waals surface area (Å²) < 4.78 is 5.82. The van der Waals surface area contributed by atoms with Gasteiger partial charge >= 0.3 is 0 Å². The molecule has 0 spiro atoms. The smallest absolute Gasteiger partial charge is 0.197 e. The number of hydrazone groups is 1. The minimum Gasteiger partial charge on any atom is -0.450 e. The van der Waals surface area contributed by atoms with Crippen LogP contribution in [0.5, 0.6) is 0 Å². The van der Waals surface area contributed by atoms with Gasteiger partial charge in [0.05, 0.1) is 16.9 Å². The summed E-state index contributed by atoms with van der Waals surface area (Å²) in [7, 11) is 0. The number of thiazole rings is 1. The van der Waals surface area contributed by atoms with E-state index in [2.05, 4.69) is 25.5 Å². The summed E-state index contributed by atoms with van der Waals surface area (Å²) in [5.41, 5.74) is 5.85. The largest absolute Gasteiger partial charge is 0.450 e. The highest BCUT2D eigenvalue weighted by Crippen LogP contribution is 2.30. The topological polar surface area (TPSA) is 76.2 Å². The highest BCUT2D eigenvalue weighted by Gasteiger charge is 2.12. The maximum Gasteiger partial charge on any atom is 0.197 e. The summed E-state index contributed by atoms with van der Waals surface area (Å²) in [6, 6.07) is 7.75. The van der Waals surface area contributed by atoms with Gasteiger partial charge in [0, 0.05) is 10.8 Å². The summed E-state index contributed by atoms with van der Waals surface area (Å²) in [6.45, 7) is 1.96. The number of nitrogens with zero attached hydrogens (tertiary/aromatic N) is 4. The maximum absolute atomic E-state index is 5.82. The molecule has 1 aromatic carbocycles. The number of fused-ring (bicyclic) bond motifs is 3. The van der Waals surface area contributed by atoms with Gasteiger partial charge in [0.1, 0.15) is 17.4 Å². The molecule has 3 aromatic heterocycles. The van der Waals surface area contributed by atoms with Crippen LogP contribution in [0.4, 0.5) is 5.82 Å². The normalized spacial score (nSPS) is 11.7. The second kappa shape index (κ2) is 5.19. The number of furan rings is 1. The molecule has 0 aliphatic heterocycles. The second-order valence-electron chi connectivity index (χ2n) is 4.66. The van der Waals surface area contributed by atoms with Gasteiger partial charge in [0.15, 0.2) is 11.4 Å². The average Bonchev–Trinajstić information content (AvgIpc) is 3.11. The summed E-state index contributed by atoms with van der Waals surface area (Å²) >= 11 is 1.58. The molecule has 0 bridgehead atoms. The Labute approximate surface area is 129 Å². The Hall–Kier alpha value is -2.80. The molecule has 0 amide bonds. The van der Waals surface area contributed by atoms with Crippen molar-refractivity contribution in [2.45, 2.75) is 6.92 Å². The van der Waals surface area contributed by atoms with Crippen LogP contribution in [0.2, 0.25) is 0 Å². The number of aromatic nitrogens is 3. The molecule has 4 rings (SSSR count). The molecule has 0 unspecified atom stereocenters. The molecule has 7 heteroatoms. The molecule has 1 N–H and O–H groups in total. The second-order valence-corrected chi connectivity index (χ2v) is 5.72. The summed E-state index contributed by atoms with van der Waals surface area (Å²) in [4.78, 5) is 12.8. The molecule has 0 radical (unpaired) electrons. The maximum atomic E-state index is 5.82. The van der Waals surface area contributed by atoms with E-state index in [1.807, 2.05) is 36.6 Å². The molecule has 3 heterocycles. The number of nitrogens with one attached hydrogen (secondary N) is 1. The zero-order valence-corrected chi connectivity index (χ0v) is 12.5. The lowest BCUT2D eigenvalue weighted by Gasteiger charge is -1.98. The van der Waals surface area contributed by atoms with Crippen molar-refractivity contribution in [2.75, 3.05) is 5.43 Å². The number of hydrogen-bond acceptors (Lipinski definition) is 7. The highest BCUT2D eigenvalue weighted by atomic mass is 32.1. The fraction of sp³-hybridized carbons (Fsp3) is 0.0667. The van der Waals surface area contributed by atoms with Crippen LogP contribution in [0.3, 0.4) is 0 Å². The van der Waals surface area contributed by atoms with Crippen LogP contribution in [0.25, 0.3) is 22.1 Å². The van der Waals surface area contributed by atoms with E-state index in [0.717, 1.165) is 27.2 Å². The van der Waals surface area contributed by atoms with Gasteiger partial charge in [-0.3, -0.25) is 5.43 Å². The molecule has 22 heavy (non-hydrogen) atoms. The Morgan fingerprint density at radius 3 is 3.05 bits per heavy atom. The van der Waals surface area contributed by atoms with Crippen LogP contribution >= 0.6 is 11.3 Å². The molecular weight excluding hydrogens is 298 g/mol. The van der Waals surface area contributed by atoms with Crippen molar-refractivity contribution in [3.8, 4) is 0 Å². The fourth-order valence-corrected chi connectivity index (χ4v) is 2.77. The van der Waals surface area contributed by atoms with E-state index < -0.39 is 0 Å². The van der Waals surface area contributed by atoms with Crippen molar-refractivity contribution in [3.05, 3.63) is 46.7 Å². The van der Waals surface area contributed by atoms with Crippen LogP contribution < -0.4 is 5.43 Å². The molecule has 0 saturated carbocycles. The van der Waals surface area contributed by atoms with E-state index in [9.17, 15) is 0 Å². The predicted molar refractivity (Wildman–Crippen MR) is 87.4 cm³/mol. The molecule has 108 valence electrons. The van der Waals surface area contributed by atoms with Crippen LogP contribution in [-0.2, 0) is 0 Å². The van der Waals surface area contributed by atoms with Gasteiger partial charge in [-0.2, -0.15) is 5.10 Å². The van der Waals surface area contributed by atoms with Gasteiger partial charge in [0.25, 0.3) is 0 Å². The number of aryl methyl sites for hydroxylation is 1. The first-order valence-electron chi connectivity index (χ1n) is 6.65. The third kappa shape index (κ3) is 2.21. The molecule has 0 atom stereocenters. The monoisotopic (exact) mass is 309 g/mol. The van der Waals surface area contributed by atoms with Crippen molar-refractivity contribution in [1.82, 2.24) is 15.0 Å². The van der Waals surface area contributed by atoms with Crippen LogP contribution in [0, 0.1) is 6.92 Å². The molecule has 0 saturated heterocycles. The van der Waals surface area contributed by atoms with Crippen molar-refractivity contribution in [1.29, 1.82) is 0 Å². The van der Waals surface area contributed by atoms with Gasteiger partial charge in [-0.05, 0) is 19.1 Å². The summed E-state index contributed by atoms with van der Waals surface area (Å²) in [6.07, 6.45) is 3.15. The van der Waals surface area contributed by atoms with Crippen molar-refractivity contribution >= 4 is 45.4 Å². The molecule has 0 fully saturated rings. The number of anilines is 1. The van der Waals surface area contributed by atoms with Crippen LogP contribution in [-0.4, -0.2) is 21.2 Å². The van der Waals surface area contributed by atoms with Crippen molar-refractivity contribution in [3.63, 3.8) is 0 Å². The zero-order chi connectivity index (χ0) is 14.9.